The van der Waals surface area contributed by atoms with Crippen LogP contribution in [-0.4, -0.2) is 38.5 Å². The van der Waals surface area contributed by atoms with Gasteiger partial charge in [0.05, 0.1) is 11.4 Å². The Kier molecular flexibility index (Phi) is 4.29. The zero-order valence-electron chi connectivity index (χ0n) is 13.2. The van der Waals surface area contributed by atoms with E-state index in [-0.39, 0.29) is 0 Å². The smallest absolute Gasteiger partial charge is 0.0902 e. The Morgan fingerprint density at radius 3 is 2.37 bits per heavy atom. The number of nitrogens with zero attached hydrogens (tertiary/aromatic N) is 4. The molecule has 108 valence electrons. The number of rotatable bonds is 2. The molecule has 0 aliphatic carbocycles. The monoisotopic (exact) mass is 264 g/mol. The largest absolute Gasteiger partial charge is 0.298 e. The lowest BCUT2D eigenvalue weighted by Crippen LogP contribution is -2.43. The van der Waals surface area contributed by atoms with Gasteiger partial charge in [0.1, 0.15) is 0 Å². The van der Waals surface area contributed by atoms with Gasteiger partial charge in [-0.05, 0) is 54.0 Å². The Morgan fingerprint density at radius 2 is 1.79 bits per heavy atom. The van der Waals surface area contributed by atoms with Crippen LogP contribution in [-0.2, 0) is 6.42 Å². The fourth-order valence-electron chi connectivity index (χ4n) is 3.21. The topological polar surface area (TPSA) is 34.0 Å². The van der Waals surface area contributed by atoms with E-state index in [0.717, 1.165) is 6.42 Å². The normalized spacial score (nSPS) is 25.5. The molecule has 0 aromatic carbocycles. The van der Waals surface area contributed by atoms with Crippen molar-refractivity contribution in [1.82, 2.24) is 19.9 Å². The van der Waals surface area contributed by atoms with Crippen LogP contribution in [0.15, 0.2) is 0 Å². The first-order valence-electron chi connectivity index (χ1n) is 7.63. The standard InChI is InChI=1S/C15H28N4/c1-10(2)18-9-7-8-14-15(12(5)13(18)6)16-17-19(14)11(3)4/h10-13H,7-9H2,1-6H3. The molecule has 19 heavy (non-hydrogen) atoms. The molecule has 1 aliphatic rings. The molecule has 2 heterocycles. The van der Waals surface area contributed by atoms with Gasteiger partial charge in [0.25, 0.3) is 0 Å². The Balaban J connectivity index is 2.35. The van der Waals surface area contributed by atoms with E-state index >= 15 is 0 Å². The Bertz CT molecular complexity index is 422. The summed E-state index contributed by atoms with van der Waals surface area (Å²) in [6.45, 7) is 14.7. The Morgan fingerprint density at radius 1 is 1.11 bits per heavy atom. The number of aromatic nitrogens is 3. The first-order valence-corrected chi connectivity index (χ1v) is 7.63. The van der Waals surface area contributed by atoms with Crippen molar-refractivity contribution in [2.45, 2.75) is 78.4 Å². The summed E-state index contributed by atoms with van der Waals surface area (Å²) in [7, 11) is 0. The van der Waals surface area contributed by atoms with Crippen LogP contribution in [0.4, 0.5) is 0 Å². The Labute approximate surface area is 117 Å². The van der Waals surface area contributed by atoms with E-state index in [1.54, 1.807) is 0 Å². The van der Waals surface area contributed by atoms with Gasteiger partial charge in [-0.3, -0.25) is 4.90 Å². The molecule has 0 fully saturated rings. The third kappa shape index (κ3) is 2.69. The molecular formula is C15H28N4. The first-order chi connectivity index (χ1) is 8.93. The number of fused-ring (bicyclic) bond motifs is 1. The average Bonchev–Trinajstić information content (AvgIpc) is 2.74. The quantitative estimate of drug-likeness (QED) is 0.823. The van der Waals surface area contributed by atoms with E-state index in [1.807, 2.05) is 0 Å². The molecule has 1 aromatic heterocycles. The maximum Gasteiger partial charge on any atom is 0.0902 e. The zero-order chi connectivity index (χ0) is 14.2. The average molecular weight is 264 g/mol. The molecule has 0 saturated carbocycles. The molecule has 0 amide bonds. The summed E-state index contributed by atoms with van der Waals surface area (Å²) in [6.07, 6.45) is 2.29. The molecular weight excluding hydrogens is 236 g/mol. The first kappa shape index (κ1) is 14.5. The lowest BCUT2D eigenvalue weighted by Gasteiger charge is -2.37. The molecule has 0 spiro atoms. The molecule has 0 saturated heterocycles. The van der Waals surface area contributed by atoms with Crippen molar-refractivity contribution in [2.24, 2.45) is 0 Å². The summed E-state index contributed by atoms with van der Waals surface area (Å²) < 4.78 is 2.11. The van der Waals surface area contributed by atoms with Gasteiger partial charge < -0.3 is 0 Å². The van der Waals surface area contributed by atoms with E-state index in [1.165, 1.54) is 24.4 Å². The van der Waals surface area contributed by atoms with Crippen LogP contribution >= 0.6 is 0 Å². The highest BCUT2D eigenvalue weighted by molar-refractivity contribution is 5.18. The van der Waals surface area contributed by atoms with E-state index in [9.17, 15) is 0 Å². The van der Waals surface area contributed by atoms with Crippen molar-refractivity contribution in [3.05, 3.63) is 11.4 Å². The molecule has 2 rings (SSSR count). The molecule has 1 aliphatic heterocycles. The molecule has 2 unspecified atom stereocenters. The van der Waals surface area contributed by atoms with Crippen LogP contribution in [0.2, 0.25) is 0 Å². The van der Waals surface area contributed by atoms with Gasteiger partial charge in [-0.25, -0.2) is 4.68 Å². The SMILES string of the molecule is CC1c2nnn(C(C)C)c2CCCN(C(C)C)C1C. The molecule has 0 bridgehead atoms. The van der Waals surface area contributed by atoms with Gasteiger partial charge in [-0.1, -0.05) is 12.1 Å². The second kappa shape index (κ2) is 5.61. The van der Waals surface area contributed by atoms with Crippen molar-refractivity contribution in [3.63, 3.8) is 0 Å². The van der Waals surface area contributed by atoms with E-state index in [2.05, 4.69) is 61.4 Å². The molecule has 1 aromatic rings. The second-order valence-corrected chi connectivity index (χ2v) is 6.42. The summed E-state index contributed by atoms with van der Waals surface area (Å²) in [5.41, 5.74) is 2.57. The lowest BCUT2D eigenvalue weighted by atomic mass is 9.92. The van der Waals surface area contributed by atoms with E-state index in [0.29, 0.717) is 24.0 Å². The minimum Gasteiger partial charge on any atom is -0.298 e. The van der Waals surface area contributed by atoms with Gasteiger partial charge in [0, 0.05) is 24.0 Å². The molecule has 0 radical (unpaired) electrons. The van der Waals surface area contributed by atoms with Crippen molar-refractivity contribution in [2.75, 3.05) is 6.54 Å². The summed E-state index contributed by atoms with van der Waals surface area (Å²) >= 11 is 0. The minimum absolute atomic E-state index is 0.402. The molecule has 4 heteroatoms. The van der Waals surface area contributed by atoms with E-state index in [4.69, 9.17) is 0 Å². The highest BCUT2D eigenvalue weighted by Crippen LogP contribution is 2.29. The van der Waals surface area contributed by atoms with Crippen molar-refractivity contribution >= 4 is 0 Å². The van der Waals surface area contributed by atoms with Crippen LogP contribution < -0.4 is 0 Å². The van der Waals surface area contributed by atoms with Crippen molar-refractivity contribution < 1.29 is 0 Å². The van der Waals surface area contributed by atoms with Crippen LogP contribution in [0, 0.1) is 0 Å². The zero-order valence-corrected chi connectivity index (χ0v) is 13.2. The van der Waals surface area contributed by atoms with Crippen LogP contribution in [0.5, 0.6) is 0 Å². The van der Waals surface area contributed by atoms with Crippen LogP contribution in [0.1, 0.15) is 71.3 Å². The van der Waals surface area contributed by atoms with Crippen molar-refractivity contribution in [1.29, 1.82) is 0 Å². The van der Waals surface area contributed by atoms with Gasteiger partial charge >= 0.3 is 0 Å². The molecule has 0 N–H and O–H groups in total. The molecule has 4 nitrogen and oxygen atoms in total. The van der Waals surface area contributed by atoms with Gasteiger partial charge in [-0.15, -0.1) is 5.10 Å². The predicted octanol–water partition coefficient (Wildman–Crippen LogP) is 3.01. The maximum atomic E-state index is 4.49. The number of hydrogen-bond donors (Lipinski definition) is 0. The maximum absolute atomic E-state index is 4.49. The van der Waals surface area contributed by atoms with Crippen LogP contribution in [0.3, 0.4) is 0 Å². The third-order valence-corrected chi connectivity index (χ3v) is 4.48. The fourth-order valence-corrected chi connectivity index (χ4v) is 3.21. The second-order valence-electron chi connectivity index (χ2n) is 6.42. The lowest BCUT2D eigenvalue weighted by molar-refractivity contribution is 0.139. The summed E-state index contributed by atoms with van der Waals surface area (Å²) in [5, 5.41) is 8.87. The summed E-state index contributed by atoms with van der Waals surface area (Å²) in [5.74, 6) is 0.449. The minimum atomic E-state index is 0.402. The van der Waals surface area contributed by atoms with Gasteiger partial charge in [0.2, 0.25) is 0 Å². The molecule has 2 atom stereocenters. The van der Waals surface area contributed by atoms with Crippen LogP contribution in [0.25, 0.3) is 0 Å². The van der Waals surface area contributed by atoms with E-state index < -0.39 is 0 Å². The highest BCUT2D eigenvalue weighted by atomic mass is 15.4. The predicted molar refractivity (Wildman–Crippen MR) is 78.4 cm³/mol. The van der Waals surface area contributed by atoms with Gasteiger partial charge in [-0.2, -0.15) is 0 Å². The van der Waals surface area contributed by atoms with Crippen molar-refractivity contribution in [3.8, 4) is 0 Å². The highest BCUT2D eigenvalue weighted by Gasteiger charge is 2.30. The fraction of sp³-hybridized carbons (Fsp3) is 0.867. The summed E-state index contributed by atoms with van der Waals surface area (Å²) in [6, 6.07) is 1.52. The Hall–Kier alpha value is -0.900. The summed E-state index contributed by atoms with van der Waals surface area (Å²) in [4.78, 5) is 2.60. The third-order valence-electron chi connectivity index (χ3n) is 4.48. The number of hydrogen-bond acceptors (Lipinski definition) is 3. The van der Waals surface area contributed by atoms with Gasteiger partial charge in [0.15, 0.2) is 0 Å².